The Morgan fingerprint density at radius 2 is 1.81 bits per heavy atom. The second-order valence-electron chi connectivity index (χ2n) is 5.18. The van der Waals surface area contributed by atoms with Gasteiger partial charge in [0.05, 0.1) is 14.2 Å². The molecule has 0 aliphatic carbocycles. The number of ether oxygens (including phenoxy) is 2. The monoisotopic (exact) mass is 348 g/mol. The molecule has 1 unspecified atom stereocenters. The maximum Gasteiger partial charge on any atom is 0.165 e. The van der Waals surface area contributed by atoms with E-state index in [1.54, 1.807) is 14.2 Å². The summed E-state index contributed by atoms with van der Waals surface area (Å²) >= 11 is 3.80. The van der Waals surface area contributed by atoms with Gasteiger partial charge < -0.3 is 9.47 Å². The third-order valence-electron chi connectivity index (χ3n) is 3.67. The second kappa shape index (κ2) is 6.99. The van der Waals surface area contributed by atoms with Crippen molar-refractivity contribution in [2.24, 2.45) is 0 Å². The molecule has 0 aliphatic rings. The highest BCUT2D eigenvalue weighted by Crippen LogP contribution is 2.39. The lowest BCUT2D eigenvalue weighted by atomic mass is 9.98. The molecule has 2 aromatic carbocycles. The van der Waals surface area contributed by atoms with Crippen molar-refractivity contribution in [3.05, 3.63) is 58.7 Å². The molecule has 112 valence electrons. The van der Waals surface area contributed by atoms with Crippen LogP contribution in [0.15, 0.2) is 36.4 Å². The molecule has 2 nitrogen and oxygen atoms in total. The Morgan fingerprint density at radius 3 is 2.48 bits per heavy atom. The zero-order valence-corrected chi connectivity index (χ0v) is 14.5. The summed E-state index contributed by atoms with van der Waals surface area (Å²) < 4.78 is 10.9. The molecular weight excluding hydrogens is 328 g/mol. The summed E-state index contributed by atoms with van der Waals surface area (Å²) in [7, 11) is 3.34. The highest BCUT2D eigenvalue weighted by Gasteiger charge is 2.17. The summed E-state index contributed by atoms with van der Waals surface area (Å²) in [5.74, 6) is 1.56. The van der Waals surface area contributed by atoms with Crippen molar-refractivity contribution in [3.63, 3.8) is 0 Å². The lowest BCUT2D eigenvalue weighted by Crippen LogP contribution is -2.02. The van der Waals surface area contributed by atoms with E-state index in [-0.39, 0.29) is 4.83 Å². The molecule has 3 heteroatoms. The summed E-state index contributed by atoms with van der Waals surface area (Å²) in [5.41, 5.74) is 5.05. The minimum atomic E-state index is 0.183. The molecule has 21 heavy (non-hydrogen) atoms. The molecule has 2 aromatic rings. The van der Waals surface area contributed by atoms with Crippen molar-refractivity contribution >= 4 is 15.9 Å². The van der Waals surface area contributed by atoms with Crippen molar-refractivity contribution in [1.29, 1.82) is 0 Å². The van der Waals surface area contributed by atoms with E-state index in [9.17, 15) is 0 Å². The molecule has 0 amide bonds. The quantitative estimate of drug-likeness (QED) is 0.708. The zero-order chi connectivity index (χ0) is 15.4. The van der Waals surface area contributed by atoms with Crippen LogP contribution in [0.1, 0.15) is 27.1 Å². The standard InChI is InChI=1S/C18H21BrO2/c1-12-8-9-13(2)14(10-12)11-16(19)15-6-5-7-17(20-3)18(15)21-4/h5-10,16H,11H2,1-4H3. The van der Waals surface area contributed by atoms with Crippen LogP contribution in [-0.2, 0) is 6.42 Å². The van der Waals surface area contributed by atoms with Crippen LogP contribution in [0, 0.1) is 13.8 Å². The van der Waals surface area contributed by atoms with Gasteiger partial charge in [-0.15, -0.1) is 0 Å². The Hall–Kier alpha value is -1.48. The van der Waals surface area contributed by atoms with Crippen LogP contribution in [0.3, 0.4) is 0 Å². The largest absolute Gasteiger partial charge is 0.493 e. The smallest absolute Gasteiger partial charge is 0.165 e. The van der Waals surface area contributed by atoms with Crippen molar-refractivity contribution in [2.45, 2.75) is 25.1 Å². The highest BCUT2D eigenvalue weighted by molar-refractivity contribution is 9.09. The fraction of sp³-hybridized carbons (Fsp3) is 0.333. The first-order valence-corrected chi connectivity index (χ1v) is 7.89. The Bertz CT molecular complexity index is 623. The summed E-state index contributed by atoms with van der Waals surface area (Å²) in [6, 6.07) is 12.6. The lowest BCUT2D eigenvalue weighted by molar-refractivity contribution is 0.351. The third kappa shape index (κ3) is 3.59. The predicted octanol–water partition coefficient (Wildman–Crippen LogP) is 5.00. The Morgan fingerprint density at radius 1 is 1.05 bits per heavy atom. The van der Waals surface area contributed by atoms with Crippen molar-refractivity contribution in [2.75, 3.05) is 14.2 Å². The molecule has 0 fully saturated rings. The van der Waals surface area contributed by atoms with E-state index in [4.69, 9.17) is 9.47 Å². The van der Waals surface area contributed by atoms with Crippen LogP contribution < -0.4 is 9.47 Å². The van der Waals surface area contributed by atoms with Gasteiger partial charge in [-0.3, -0.25) is 0 Å². The van der Waals surface area contributed by atoms with Gasteiger partial charge in [-0.1, -0.05) is 51.8 Å². The number of hydrogen-bond donors (Lipinski definition) is 0. The number of rotatable bonds is 5. The van der Waals surface area contributed by atoms with Gasteiger partial charge >= 0.3 is 0 Å². The van der Waals surface area contributed by atoms with Gasteiger partial charge in [0.25, 0.3) is 0 Å². The maximum absolute atomic E-state index is 5.53. The average Bonchev–Trinajstić information content (AvgIpc) is 2.49. The number of hydrogen-bond acceptors (Lipinski definition) is 2. The molecular formula is C18H21BrO2. The maximum atomic E-state index is 5.53. The normalized spacial score (nSPS) is 12.0. The number of para-hydroxylation sites is 1. The first-order chi connectivity index (χ1) is 10.1. The first-order valence-electron chi connectivity index (χ1n) is 6.98. The van der Waals surface area contributed by atoms with Crippen LogP contribution in [-0.4, -0.2) is 14.2 Å². The SMILES string of the molecule is COc1cccc(C(Br)Cc2cc(C)ccc2C)c1OC. The number of methoxy groups -OCH3 is 2. The van der Waals surface area contributed by atoms with Gasteiger partial charge in [-0.05, 0) is 37.5 Å². The van der Waals surface area contributed by atoms with Crippen LogP contribution >= 0.6 is 15.9 Å². The minimum absolute atomic E-state index is 0.183. The molecule has 0 spiro atoms. The van der Waals surface area contributed by atoms with Gasteiger partial charge in [-0.2, -0.15) is 0 Å². The fourth-order valence-electron chi connectivity index (χ4n) is 2.48. The van der Waals surface area contributed by atoms with E-state index in [1.807, 2.05) is 12.1 Å². The second-order valence-corrected chi connectivity index (χ2v) is 6.29. The molecule has 0 N–H and O–H groups in total. The van der Waals surface area contributed by atoms with E-state index in [2.05, 4.69) is 54.0 Å². The molecule has 0 radical (unpaired) electrons. The van der Waals surface area contributed by atoms with Gasteiger partial charge in [0, 0.05) is 10.4 Å². The Labute approximate surface area is 135 Å². The van der Waals surface area contributed by atoms with Crippen LogP contribution in [0.25, 0.3) is 0 Å². The van der Waals surface area contributed by atoms with Crippen molar-refractivity contribution in [3.8, 4) is 11.5 Å². The third-order valence-corrected chi connectivity index (χ3v) is 4.49. The molecule has 1 atom stereocenters. The topological polar surface area (TPSA) is 18.5 Å². The van der Waals surface area contributed by atoms with E-state index in [0.717, 1.165) is 23.5 Å². The molecule has 0 saturated carbocycles. The molecule has 2 rings (SSSR count). The van der Waals surface area contributed by atoms with Gasteiger partial charge in [0.2, 0.25) is 0 Å². The van der Waals surface area contributed by atoms with Crippen LogP contribution in [0.4, 0.5) is 0 Å². The Kier molecular flexibility index (Phi) is 5.29. The molecule has 0 saturated heterocycles. The molecule has 0 aliphatic heterocycles. The summed E-state index contributed by atoms with van der Waals surface area (Å²) in [4.78, 5) is 0.183. The van der Waals surface area contributed by atoms with Crippen molar-refractivity contribution in [1.82, 2.24) is 0 Å². The predicted molar refractivity (Wildman–Crippen MR) is 90.8 cm³/mol. The van der Waals surface area contributed by atoms with Crippen LogP contribution in [0.5, 0.6) is 11.5 Å². The highest BCUT2D eigenvalue weighted by atomic mass is 79.9. The Balaban J connectivity index is 2.32. The summed E-state index contributed by atoms with van der Waals surface area (Å²) in [6.45, 7) is 4.27. The van der Waals surface area contributed by atoms with Gasteiger partial charge in [0.1, 0.15) is 0 Å². The molecule has 0 aromatic heterocycles. The van der Waals surface area contributed by atoms with E-state index in [1.165, 1.54) is 16.7 Å². The number of aryl methyl sites for hydroxylation is 2. The van der Waals surface area contributed by atoms with Crippen molar-refractivity contribution < 1.29 is 9.47 Å². The summed E-state index contributed by atoms with van der Waals surface area (Å²) in [6.07, 6.45) is 0.914. The minimum Gasteiger partial charge on any atom is -0.493 e. The van der Waals surface area contributed by atoms with Gasteiger partial charge in [-0.25, -0.2) is 0 Å². The first kappa shape index (κ1) is 15.9. The number of alkyl halides is 1. The fourth-order valence-corrected chi connectivity index (χ4v) is 3.19. The van der Waals surface area contributed by atoms with E-state index >= 15 is 0 Å². The van der Waals surface area contributed by atoms with Crippen LogP contribution in [0.2, 0.25) is 0 Å². The van der Waals surface area contributed by atoms with E-state index in [0.29, 0.717) is 0 Å². The average molecular weight is 349 g/mol. The number of halogens is 1. The van der Waals surface area contributed by atoms with E-state index < -0.39 is 0 Å². The zero-order valence-electron chi connectivity index (χ0n) is 12.9. The summed E-state index contributed by atoms with van der Waals surface area (Å²) in [5, 5.41) is 0. The van der Waals surface area contributed by atoms with Gasteiger partial charge in [0.15, 0.2) is 11.5 Å². The molecule has 0 heterocycles. The number of benzene rings is 2. The molecule has 0 bridgehead atoms. The lowest BCUT2D eigenvalue weighted by Gasteiger charge is -2.18.